The summed E-state index contributed by atoms with van der Waals surface area (Å²) in [5.74, 6) is 0.782. The molecule has 24 heavy (non-hydrogen) atoms. The summed E-state index contributed by atoms with van der Waals surface area (Å²) in [7, 11) is 0. The minimum atomic E-state index is 0.0281. The van der Waals surface area contributed by atoms with Gasteiger partial charge in [0, 0.05) is 12.6 Å². The van der Waals surface area contributed by atoms with Crippen LogP contribution in [0.25, 0.3) is 0 Å². The Morgan fingerprint density at radius 3 is 2.42 bits per heavy atom. The molecule has 1 aromatic rings. The quantitative estimate of drug-likeness (QED) is 0.656. The minimum absolute atomic E-state index is 0.0281. The molecule has 2 unspecified atom stereocenters. The largest absolute Gasteiger partial charge is 0.376 e. The molecule has 2 heteroatoms. The molecular weight excluding hydrogens is 294 g/mol. The first-order valence-corrected chi connectivity index (χ1v) is 9.74. The second-order valence-electron chi connectivity index (χ2n) is 8.80. The van der Waals surface area contributed by atoms with Gasteiger partial charge in [-0.05, 0) is 69.9 Å². The summed E-state index contributed by atoms with van der Waals surface area (Å²) in [6, 6.07) is 11.2. The summed E-state index contributed by atoms with van der Waals surface area (Å²) in [6.07, 6.45) is 6.31. The first-order chi connectivity index (χ1) is 11.3. The molecule has 136 valence electrons. The lowest BCUT2D eigenvalue weighted by Gasteiger charge is -2.46. The molecule has 0 amide bonds. The van der Waals surface area contributed by atoms with Crippen molar-refractivity contribution in [3.63, 3.8) is 0 Å². The smallest absolute Gasteiger partial charge is 0.0631 e. The predicted molar refractivity (Wildman–Crippen MR) is 103 cm³/mol. The molecule has 0 bridgehead atoms. The van der Waals surface area contributed by atoms with Crippen LogP contribution in [0, 0.1) is 11.3 Å². The maximum atomic E-state index is 6.00. The van der Waals surface area contributed by atoms with Gasteiger partial charge in [-0.2, -0.15) is 0 Å². The van der Waals surface area contributed by atoms with Crippen LogP contribution in [0.5, 0.6) is 0 Å². The third-order valence-corrected chi connectivity index (χ3v) is 5.58. The standard InChI is InChI=1S/C22H37NO/c1-18(2)11-12-22(14-16-24-21(4,5)17-22)13-15-23-19(3)20-9-7-6-8-10-20/h6-10,18-19,23H,11-17H2,1-5H3. The third-order valence-electron chi connectivity index (χ3n) is 5.58. The molecule has 1 aromatic carbocycles. The van der Waals surface area contributed by atoms with Crippen molar-refractivity contribution in [3.05, 3.63) is 35.9 Å². The Kier molecular flexibility index (Phi) is 6.88. The van der Waals surface area contributed by atoms with E-state index in [4.69, 9.17) is 4.74 Å². The molecule has 0 spiro atoms. The maximum absolute atomic E-state index is 6.00. The highest BCUT2D eigenvalue weighted by Crippen LogP contribution is 2.45. The fourth-order valence-electron chi connectivity index (χ4n) is 4.15. The van der Waals surface area contributed by atoms with Gasteiger partial charge in [0.15, 0.2) is 0 Å². The van der Waals surface area contributed by atoms with E-state index in [2.05, 4.69) is 70.3 Å². The van der Waals surface area contributed by atoms with Crippen molar-refractivity contribution >= 4 is 0 Å². The Labute approximate surface area is 149 Å². The second kappa shape index (κ2) is 8.49. The topological polar surface area (TPSA) is 21.3 Å². The SMILES string of the molecule is CC(C)CCC1(CCNC(C)c2ccccc2)CCOC(C)(C)C1. The van der Waals surface area contributed by atoms with Crippen LogP contribution in [0.4, 0.5) is 0 Å². The first kappa shape index (κ1) is 19.5. The molecule has 2 atom stereocenters. The summed E-state index contributed by atoms with van der Waals surface area (Å²) in [5, 5.41) is 3.75. The van der Waals surface area contributed by atoms with Crippen molar-refractivity contribution in [1.82, 2.24) is 5.32 Å². The monoisotopic (exact) mass is 331 g/mol. The van der Waals surface area contributed by atoms with Gasteiger partial charge >= 0.3 is 0 Å². The van der Waals surface area contributed by atoms with Crippen molar-refractivity contribution in [1.29, 1.82) is 0 Å². The Morgan fingerprint density at radius 1 is 1.08 bits per heavy atom. The van der Waals surface area contributed by atoms with Gasteiger partial charge in [-0.1, -0.05) is 50.6 Å². The van der Waals surface area contributed by atoms with Gasteiger partial charge < -0.3 is 10.1 Å². The fraction of sp³-hybridized carbons (Fsp3) is 0.727. The lowest BCUT2D eigenvalue weighted by atomic mass is 9.68. The van der Waals surface area contributed by atoms with E-state index in [1.165, 1.54) is 37.7 Å². The van der Waals surface area contributed by atoms with Crippen molar-refractivity contribution in [2.45, 2.75) is 78.4 Å². The summed E-state index contributed by atoms with van der Waals surface area (Å²) < 4.78 is 6.00. The van der Waals surface area contributed by atoms with Crippen LogP contribution in [-0.2, 0) is 4.74 Å². The van der Waals surface area contributed by atoms with Gasteiger partial charge in [0.25, 0.3) is 0 Å². The van der Waals surface area contributed by atoms with Crippen molar-refractivity contribution in [2.24, 2.45) is 11.3 Å². The maximum Gasteiger partial charge on any atom is 0.0631 e. The van der Waals surface area contributed by atoms with Crippen LogP contribution < -0.4 is 5.32 Å². The number of hydrogen-bond acceptors (Lipinski definition) is 2. The number of ether oxygens (including phenoxy) is 1. The van der Waals surface area contributed by atoms with E-state index >= 15 is 0 Å². The summed E-state index contributed by atoms with van der Waals surface area (Å²) in [6.45, 7) is 13.5. The molecular formula is C22H37NO. The van der Waals surface area contributed by atoms with Crippen LogP contribution in [-0.4, -0.2) is 18.8 Å². The molecule has 0 radical (unpaired) electrons. The summed E-state index contributed by atoms with van der Waals surface area (Å²) in [4.78, 5) is 0. The number of nitrogens with one attached hydrogen (secondary N) is 1. The van der Waals surface area contributed by atoms with Gasteiger partial charge in [0.2, 0.25) is 0 Å². The van der Waals surface area contributed by atoms with Gasteiger partial charge in [0.05, 0.1) is 5.60 Å². The molecule has 1 fully saturated rings. The van der Waals surface area contributed by atoms with E-state index < -0.39 is 0 Å². The zero-order valence-corrected chi connectivity index (χ0v) is 16.4. The molecule has 1 aliphatic rings. The Hall–Kier alpha value is -0.860. The highest BCUT2D eigenvalue weighted by Gasteiger charge is 2.40. The third kappa shape index (κ3) is 5.89. The van der Waals surface area contributed by atoms with Crippen molar-refractivity contribution in [2.75, 3.05) is 13.2 Å². The molecule has 0 aliphatic carbocycles. The lowest BCUT2D eigenvalue weighted by molar-refractivity contribution is -0.110. The Bertz CT molecular complexity index is 482. The van der Waals surface area contributed by atoms with Crippen molar-refractivity contribution in [3.8, 4) is 0 Å². The van der Waals surface area contributed by atoms with Crippen LogP contribution in [0.2, 0.25) is 0 Å². The molecule has 0 saturated carbocycles. The fourth-order valence-corrected chi connectivity index (χ4v) is 4.15. The second-order valence-corrected chi connectivity index (χ2v) is 8.80. The van der Waals surface area contributed by atoms with E-state index in [1.54, 1.807) is 0 Å². The zero-order chi connectivity index (χ0) is 17.6. The van der Waals surface area contributed by atoms with Crippen molar-refractivity contribution < 1.29 is 4.74 Å². The van der Waals surface area contributed by atoms with E-state index in [9.17, 15) is 0 Å². The van der Waals surface area contributed by atoms with Crippen LogP contribution in [0.3, 0.4) is 0 Å². The van der Waals surface area contributed by atoms with E-state index in [0.717, 1.165) is 19.1 Å². The van der Waals surface area contributed by atoms with Gasteiger partial charge in [-0.15, -0.1) is 0 Å². The molecule has 1 N–H and O–H groups in total. The zero-order valence-electron chi connectivity index (χ0n) is 16.4. The summed E-state index contributed by atoms with van der Waals surface area (Å²) >= 11 is 0. The van der Waals surface area contributed by atoms with Gasteiger partial charge in [-0.25, -0.2) is 0 Å². The first-order valence-electron chi connectivity index (χ1n) is 9.74. The highest BCUT2D eigenvalue weighted by atomic mass is 16.5. The molecule has 1 saturated heterocycles. The van der Waals surface area contributed by atoms with E-state index in [-0.39, 0.29) is 5.60 Å². The Balaban J connectivity index is 1.93. The van der Waals surface area contributed by atoms with Gasteiger partial charge in [0.1, 0.15) is 0 Å². The lowest BCUT2D eigenvalue weighted by Crippen LogP contribution is -2.43. The normalized spacial score (nSPS) is 24.9. The van der Waals surface area contributed by atoms with Crippen LogP contribution in [0.1, 0.15) is 78.3 Å². The predicted octanol–water partition coefficient (Wildman–Crippen LogP) is 5.74. The summed E-state index contributed by atoms with van der Waals surface area (Å²) in [5.41, 5.74) is 1.84. The average molecular weight is 332 g/mol. The molecule has 2 rings (SSSR count). The molecule has 1 aliphatic heterocycles. The minimum Gasteiger partial charge on any atom is -0.376 e. The van der Waals surface area contributed by atoms with Crippen LogP contribution >= 0.6 is 0 Å². The highest BCUT2D eigenvalue weighted by molar-refractivity contribution is 5.17. The molecule has 0 aromatic heterocycles. The van der Waals surface area contributed by atoms with Crippen LogP contribution in [0.15, 0.2) is 30.3 Å². The molecule has 1 heterocycles. The number of hydrogen-bond donors (Lipinski definition) is 1. The number of rotatable bonds is 8. The van der Waals surface area contributed by atoms with Gasteiger partial charge in [-0.3, -0.25) is 0 Å². The molecule has 2 nitrogen and oxygen atoms in total. The number of benzene rings is 1. The Morgan fingerprint density at radius 2 is 1.79 bits per heavy atom. The average Bonchev–Trinajstić information content (AvgIpc) is 2.53. The van der Waals surface area contributed by atoms with E-state index in [1.807, 2.05) is 0 Å². The van der Waals surface area contributed by atoms with E-state index in [0.29, 0.717) is 11.5 Å².